The van der Waals surface area contributed by atoms with Gasteiger partial charge in [-0.05, 0) is 119 Å². The van der Waals surface area contributed by atoms with Crippen molar-refractivity contribution in [3.8, 4) is 40.2 Å². The van der Waals surface area contributed by atoms with Gasteiger partial charge in [0.2, 0.25) is 5.91 Å². The van der Waals surface area contributed by atoms with Gasteiger partial charge in [-0.3, -0.25) is 9.59 Å². The number of benzene rings is 8. The molecule has 8 aromatic rings. The maximum Gasteiger partial charge on any atom is 0.307 e. The van der Waals surface area contributed by atoms with Crippen LogP contribution in [0.1, 0.15) is 57.5 Å². The van der Waals surface area contributed by atoms with Crippen molar-refractivity contribution in [2.75, 3.05) is 34.4 Å². The Labute approximate surface area is 454 Å². The molecule has 0 saturated carbocycles. The Morgan fingerprint density at radius 3 is 1.12 bits per heavy atom. The van der Waals surface area contributed by atoms with Gasteiger partial charge in [0, 0.05) is 6.54 Å². The third-order valence-corrected chi connectivity index (χ3v) is 11.8. The number of carbonyl (C=O) groups is 2. The Hall–Kier alpha value is -8.74. The quantitative estimate of drug-likeness (QED) is 0.0529. The van der Waals surface area contributed by atoms with Crippen molar-refractivity contribution in [3.63, 3.8) is 0 Å². The minimum absolute atomic E-state index is 0. The van der Waals surface area contributed by atoms with Crippen LogP contribution in [0.5, 0.6) is 40.2 Å². The molecule has 402 valence electrons. The molecule has 0 fully saturated rings. The SMILES string of the molecule is C.COc1cc(CC(=O)NCCc2ccc(OCc3ccccc3)c(C)c2)ccc1OCc1ccccc1.COc1cc(CC(=O)O)ccc1OCc1ccccc1.COc1cc(CCN)ccc1OCc1ccccc1. The fraction of sp³-hybridized carbons (Fsp3) is 0.231. The lowest BCUT2D eigenvalue weighted by atomic mass is 10.1. The Morgan fingerprint density at radius 1 is 0.416 bits per heavy atom. The highest BCUT2D eigenvalue weighted by molar-refractivity contribution is 5.78. The highest BCUT2D eigenvalue weighted by Gasteiger charge is 2.12. The molecule has 12 heteroatoms. The van der Waals surface area contributed by atoms with Gasteiger partial charge in [0.25, 0.3) is 0 Å². The van der Waals surface area contributed by atoms with Crippen molar-refractivity contribution in [2.45, 2.75) is 66.5 Å². The van der Waals surface area contributed by atoms with E-state index in [1.165, 1.54) is 7.11 Å². The van der Waals surface area contributed by atoms with Crippen molar-refractivity contribution >= 4 is 11.9 Å². The molecule has 77 heavy (non-hydrogen) atoms. The number of methoxy groups -OCH3 is 3. The predicted octanol–water partition coefficient (Wildman–Crippen LogP) is 12.4. The molecule has 0 aliphatic rings. The summed E-state index contributed by atoms with van der Waals surface area (Å²) in [6.45, 7) is 5.22. The van der Waals surface area contributed by atoms with Gasteiger partial charge in [-0.2, -0.15) is 0 Å². The van der Waals surface area contributed by atoms with E-state index < -0.39 is 5.97 Å². The average molecular weight is 1040 g/mol. The molecule has 0 aliphatic carbocycles. The summed E-state index contributed by atoms with van der Waals surface area (Å²) in [5.41, 5.74) is 14.9. The lowest BCUT2D eigenvalue weighted by Crippen LogP contribution is -2.27. The molecule has 0 atom stereocenters. The van der Waals surface area contributed by atoms with E-state index in [-0.39, 0.29) is 26.2 Å². The number of aryl methyl sites for hydroxylation is 1. The maximum absolute atomic E-state index is 12.5. The molecule has 0 bridgehead atoms. The van der Waals surface area contributed by atoms with E-state index in [2.05, 4.69) is 29.6 Å². The number of amides is 1. The summed E-state index contributed by atoms with van der Waals surface area (Å²) >= 11 is 0. The number of hydrogen-bond donors (Lipinski definition) is 3. The number of carboxylic acid groups (broad SMARTS) is 1. The molecule has 8 rings (SSSR count). The van der Waals surface area contributed by atoms with Gasteiger partial charge in [0.05, 0.1) is 34.2 Å². The second-order valence-electron chi connectivity index (χ2n) is 17.5. The number of nitrogens with two attached hydrogens (primary N) is 1. The lowest BCUT2D eigenvalue weighted by Gasteiger charge is -2.13. The molecule has 0 aromatic heterocycles. The van der Waals surface area contributed by atoms with Gasteiger partial charge in [0.1, 0.15) is 32.2 Å². The minimum Gasteiger partial charge on any atom is -0.493 e. The van der Waals surface area contributed by atoms with Crippen LogP contribution in [-0.2, 0) is 61.7 Å². The van der Waals surface area contributed by atoms with Crippen LogP contribution in [0.3, 0.4) is 0 Å². The molecular weight excluding hydrogens is 969 g/mol. The zero-order valence-corrected chi connectivity index (χ0v) is 43.7. The zero-order valence-electron chi connectivity index (χ0n) is 43.7. The summed E-state index contributed by atoms with van der Waals surface area (Å²) in [4.78, 5) is 23.2. The van der Waals surface area contributed by atoms with Gasteiger partial charge in [0.15, 0.2) is 34.5 Å². The Balaban J connectivity index is 0.000000231. The van der Waals surface area contributed by atoms with E-state index in [0.717, 1.165) is 74.6 Å². The molecule has 0 radical (unpaired) electrons. The topological polar surface area (TPSA) is 157 Å². The zero-order chi connectivity index (χ0) is 53.7. The lowest BCUT2D eigenvalue weighted by molar-refractivity contribution is -0.136. The van der Waals surface area contributed by atoms with Crippen molar-refractivity contribution in [2.24, 2.45) is 5.73 Å². The van der Waals surface area contributed by atoms with E-state index in [9.17, 15) is 9.59 Å². The first kappa shape index (κ1) is 59.1. The fourth-order valence-corrected chi connectivity index (χ4v) is 7.77. The van der Waals surface area contributed by atoms with E-state index in [1.54, 1.807) is 32.4 Å². The van der Waals surface area contributed by atoms with E-state index in [4.69, 9.17) is 44.0 Å². The highest BCUT2D eigenvalue weighted by atomic mass is 16.5. The van der Waals surface area contributed by atoms with Crippen molar-refractivity contribution < 1.29 is 47.9 Å². The molecule has 0 spiro atoms. The predicted molar refractivity (Wildman–Crippen MR) is 305 cm³/mol. The molecule has 8 aromatic carbocycles. The number of carboxylic acids is 1. The van der Waals surface area contributed by atoms with Gasteiger partial charge in [-0.25, -0.2) is 0 Å². The first-order chi connectivity index (χ1) is 37.1. The fourth-order valence-electron chi connectivity index (χ4n) is 7.77. The van der Waals surface area contributed by atoms with Gasteiger partial charge in [-0.1, -0.05) is 159 Å². The Kier molecular flexibility index (Phi) is 25.0. The molecule has 0 unspecified atom stereocenters. The smallest absolute Gasteiger partial charge is 0.307 e. The largest absolute Gasteiger partial charge is 0.493 e. The summed E-state index contributed by atoms with van der Waals surface area (Å²) in [6.07, 6.45) is 1.84. The molecule has 0 aliphatic heterocycles. The highest BCUT2D eigenvalue weighted by Crippen LogP contribution is 2.31. The van der Waals surface area contributed by atoms with Crippen molar-refractivity contribution in [1.29, 1.82) is 0 Å². The minimum atomic E-state index is -0.870. The van der Waals surface area contributed by atoms with Crippen LogP contribution < -0.4 is 44.2 Å². The van der Waals surface area contributed by atoms with Gasteiger partial charge < -0.3 is 49.3 Å². The summed E-state index contributed by atoms with van der Waals surface area (Å²) in [7, 11) is 4.79. The van der Waals surface area contributed by atoms with E-state index >= 15 is 0 Å². The van der Waals surface area contributed by atoms with Crippen LogP contribution in [0, 0.1) is 6.92 Å². The van der Waals surface area contributed by atoms with Crippen LogP contribution in [0.25, 0.3) is 0 Å². The van der Waals surface area contributed by atoms with E-state index in [1.807, 2.05) is 159 Å². The first-order valence-electron chi connectivity index (χ1n) is 25.1. The Morgan fingerprint density at radius 2 is 0.753 bits per heavy atom. The number of ether oxygens (including phenoxy) is 7. The van der Waals surface area contributed by atoms with Crippen LogP contribution in [0.4, 0.5) is 0 Å². The van der Waals surface area contributed by atoms with Crippen LogP contribution in [-0.4, -0.2) is 51.4 Å². The standard InChI is InChI=1S/C32H33NO4.C16H19NO2.C16H16O4.CH4/c1-24-19-25(13-15-29(24)36-22-26-9-5-3-6-10-26)17-18-33-32(34)21-28-14-16-30(31(20-28)35-2)37-23-27-11-7-4-8-12-27;1-18-16-11-13(9-10-17)7-8-15(16)19-12-14-5-3-2-4-6-14;1-19-15-9-13(10-16(17)18)7-8-14(15)20-11-12-5-3-2-4-6-12;/h3-16,19-20H,17-18,21-23H2,1-2H3,(H,33,34);2-8,11H,9-10,12,17H2,1H3;2-9H,10-11H2,1H3,(H,17,18);1H4. The number of aliphatic carboxylic acids is 1. The third kappa shape index (κ3) is 20.5. The molecular formula is C65H72N2O10. The Bertz CT molecular complexity index is 2990. The number of nitrogens with one attached hydrogen (secondary N) is 1. The summed E-state index contributed by atoms with van der Waals surface area (Å²) < 4.78 is 39.4. The van der Waals surface area contributed by atoms with Crippen LogP contribution >= 0.6 is 0 Å². The summed E-state index contributed by atoms with van der Waals surface area (Å²) in [6, 6.07) is 62.9. The monoisotopic (exact) mass is 1040 g/mol. The summed E-state index contributed by atoms with van der Waals surface area (Å²) in [5.74, 6) is 3.90. The summed E-state index contributed by atoms with van der Waals surface area (Å²) in [5, 5.41) is 11.8. The second kappa shape index (κ2) is 32.5. The molecule has 1 amide bonds. The molecule has 0 heterocycles. The van der Waals surface area contributed by atoms with Gasteiger partial charge >= 0.3 is 5.97 Å². The normalized spacial score (nSPS) is 10.2. The van der Waals surface area contributed by atoms with Crippen LogP contribution in [0.15, 0.2) is 194 Å². The first-order valence-corrected chi connectivity index (χ1v) is 25.1. The second-order valence-corrected chi connectivity index (χ2v) is 17.5. The molecule has 0 saturated heterocycles. The van der Waals surface area contributed by atoms with Crippen molar-refractivity contribution in [1.82, 2.24) is 5.32 Å². The van der Waals surface area contributed by atoms with Gasteiger partial charge in [-0.15, -0.1) is 0 Å². The number of rotatable bonds is 24. The maximum atomic E-state index is 12.5. The number of carbonyl (C=O) groups excluding carboxylic acids is 1. The molecule has 4 N–H and O–H groups in total. The third-order valence-electron chi connectivity index (χ3n) is 11.8. The van der Waals surface area contributed by atoms with E-state index in [0.29, 0.717) is 68.1 Å². The average Bonchev–Trinajstić information content (AvgIpc) is 3.45. The molecule has 12 nitrogen and oxygen atoms in total. The van der Waals surface area contributed by atoms with Crippen LogP contribution in [0.2, 0.25) is 0 Å². The number of hydrogen-bond acceptors (Lipinski definition) is 10. The van der Waals surface area contributed by atoms with Crippen molar-refractivity contribution in [3.05, 3.63) is 244 Å².